The average Bonchev–Trinajstić information content (AvgIpc) is 3.01. The first-order chi connectivity index (χ1) is 9.63. The lowest BCUT2D eigenvalue weighted by atomic mass is 9.98. The van der Waals surface area contributed by atoms with Gasteiger partial charge in [0.2, 0.25) is 0 Å². The van der Waals surface area contributed by atoms with E-state index in [0.29, 0.717) is 12.0 Å². The van der Waals surface area contributed by atoms with Crippen LogP contribution in [0.25, 0.3) is 10.9 Å². The number of ether oxygens (including phenoxy) is 1. The van der Waals surface area contributed by atoms with Crippen LogP contribution >= 0.6 is 0 Å². The van der Waals surface area contributed by atoms with Gasteiger partial charge in [-0.2, -0.15) is 0 Å². The van der Waals surface area contributed by atoms with E-state index >= 15 is 0 Å². The van der Waals surface area contributed by atoms with E-state index < -0.39 is 0 Å². The predicted molar refractivity (Wildman–Crippen MR) is 82.0 cm³/mol. The van der Waals surface area contributed by atoms with Crippen molar-refractivity contribution in [1.29, 1.82) is 0 Å². The van der Waals surface area contributed by atoms with Gasteiger partial charge < -0.3 is 15.0 Å². The highest BCUT2D eigenvalue weighted by Gasteiger charge is 2.30. The van der Waals surface area contributed by atoms with E-state index in [1.807, 2.05) is 0 Å². The first kappa shape index (κ1) is 13.5. The van der Waals surface area contributed by atoms with Gasteiger partial charge in [-0.3, -0.25) is 4.90 Å². The van der Waals surface area contributed by atoms with Crippen LogP contribution in [0.1, 0.15) is 18.0 Å². The van der Waals surface area contributed by atoms with Crippen LogP contribution in [0.4, 0.5) is 0 Å². The molecule has 1 fully saturated rings. The number of fused-ring (bicyclic) bond motifs is 1. The Labute approximate surface area is 120 Å². The van der Waals surface area contributed by atoms with Crippen molar-refractivity contribution >= 4 is 10.9 Å². The van der Waals surface area contributed by atoms with Gasteiger partial charge in [-0.1, -0.05) is 0 Å². The second kappa shape index (κ2) is 5.11. The Hall–Kier alpha value is -1.52. The first-order valence-corrected chi connectivity index (χ1v) is 7.17. The quantitative estimate of drug-likeness (QED) is 0.931. The molecule has 2 aromatic rings. The number of nitrogens with two attached hydrogens (primary N) is 1. The van der Waals surface area contributed by atoms with Crippen LogP contribution in [0.2, 0.25) is 0 Å². The average molecular weight is 273 g/mol. The summed E-state index contributed by atoms with van der Waals surface area (Å²) < 4.78 is 7.72. The van der Waals surface area contributed by atoms with Crippen LogP contribution in [0.15, 0.2) is 24.4 Å². The van der Waals surface area contributed by atoms with Gasteiger partial charge in [0, 0.05) is 31.2 Å². The third kappa shape index (κ3) is 2.09. The fourth-order valence-electron chi connectivity index (χ4n) is 3.39. The van der Waals surface area contributed by atoms with Crippen LogP contribution in [-0.2, 0) is 7.05 Å². The van der Waals surface area contributed by atoms with Crippen molar-refractivity contribution in [3.05, 3.63) is 30.0 Å². The van der Waals surface area contributed by atoms with Crippen LogP contribution in [-0.4, -0.2) is 36.7 Å². The predicted octanol–water partition coefficient (Wildman–Crippen LogP) is 2.14. The number of nitrogens with zero attached hydrogens (tertiary/aromatic N) is 2. The maximum absolute atomic E-state index is 5.84. The molecule has 0 amide bonds. The maximum Gasteiger partial charge on any atom is 0.128 e. The number of methoxy groups -OCH3 is 1. The second-order valence-electron chi connectivity index (χ2n) is 5.88. The van der Waals surface area contributed by atoms with E-state index in [9.17, 15) is 0 Å². The monoisotopic (exact) mass is 273 g/mol. The lowest BCUT2D eigenvalue weighted by Gasteiger charge is -2.20. The molecule has 108 valence electrons. The van der Waals surface area contributed by atoms with E-state index in [1.165, 1.54) is 16.5 Å². The van der Waals surface area contributed by atoms with E-state index in [-0.39, 0.29) is 0 Å². The zero-order valence-electron chi connectivity index (χ0n) is 12.5. The summed E-state index contributed by atoms with van der Waals surface area (Å²) in [4.78, 5) is 2.40. The summed E-state index contributed by atoms with van der Waals surface area (Å²) in [5.74, 6) is 1.56. The number of rotatable bonds is 3. The summed E-state index contributed by atoms with van der Waals surface area (Å²) in [5.41, 5.74) is 8.39. The lowest BCUT2D eigenvalue weighted by Crippen LogP contribution is -2.20. The smallest absolute Gasteiger partial charge is 0.128 e. The van der Waals surface area contributed by atoms with Crippen molar-refractivity contribution in [3.8, 4) is 5.75 Å². The molecule has 4 nitrogen and oxygen atoms in total. The molecule has 2 N–H and O–H groups in total. The molecule has 2 heterocycles. The van der Waals surface area contributed by atoms with Gasteiger partial charge in [0.15, 0.2) is 0 Å². The fourth-order valence-corrected chi connectivity index (χ4v) is 3.39. The van der Waals surface area contributed by atoms with Crippen LogP contribution in [0, 0.1) is 5.92 Å². The van der Waals surface area contributed by atoms with Crippen LogP contribution in [0.3, 0.4) is 0 Å². The Balaban J connectivity index is 2.05. The summed E-state index contributed by atoms with van der Waals surface area (Å²) in [6.07, 6.45) is 3.21. The highest BCUT2D eigenvalue weighted by atomic mass is 16.5. The van der Waals surface area contributed by atoms with Gasteiger partial charge >= 0.3 is 0 Å². The van der Waals surface area contributed by atoms with Crippen LogP contribution in [0.5, 0.6) is 5.75 Å². The molecule has 0 bridgehead atoms. The summed E-state index contributed by atoms with van der Waals surface area (Å²) in [5, 5.41) is 1.18. The number of aryl methyl sites for hydroxylation is 1. The molecular weight excluding hydrogens is 250 g/mol. The van der Waals surface area contributed by atoms with Gasteiger partial charge in [-0.15, -0.1) is 0 Å². The minimum atomic E-state index is 0.441. The normalized spacial score (nSPS) is 23.6. The number of aromatic nitrogens is 1. The summed E-state index contributed by atoms with van der Waals surface area (Å²) in [6, 6.07) is 7.02. The Morgan fingerprint density at radius 2 is 2.15 bits per heavy atom. The van der Waals surface area contributed by atoms with Crippen molar-refractivity contribution in [1.82, 2.24) is 9.47 Å². The van der Waals surface area contributed by atoms with E-state index in [1.54, 1.807) is 7.11 Å². The third-order valence-electron chi connectivity index (χ3n) is 4.56. The number of likely N-dealkylation sites (tertiary alicyclic amines) is 1. The molecule has 2 atom stereocenters. The minimum absolute atomic E-state index is 0.441. The maximum atomic E-state index is 5.84. The molecule has 1 aromatic heterocycles. The highest BCUT2D eigenvalue weighted by molar-refractivity contribution is 5.87. The molecule has 1 aromatic carbocycles. The Morgan fingerprint density at radius 3 is 2.80 bits per heavy atom. The van der Waals surface area contributed by atoms with Crippen molar-refractivity contribution in [2.45, 2.75) is 12.5 Å². The molecule has 1 aliphatic rings. The topological polar surface area (TPSA) is 43.4 Å². The van der Waals surface area contributed by atoms with E-state index in [4.69, 9.17) is 10.5 Å². The summed E-state index contributed by atoms with van der Waals surface area (Å²) >= 11 is 0. The molecule has 1 aliphatic heterocycles. The Morgan fingerprint density at radius 1 is 1.35 bits per heavy atom. The SMILES string of the molecule is COc1cc(C2CC(CN)CN2C)cc2c1ccn2C. The van der Waals surface area contributed by atoms with Crippen LogP contribution < -0.4 is 10.5 Å². The molecular formula is C16H23N3O. The van der Waals surface area contributed by atoms with Gasteiger partial charge in [-0.05, 0) is 49.7 Å². The molecule has 0 saturated carbocycles. The van der Waals surface area contributed by atoms with Crippen molar-refractivity contribution < 1.29 is 4.74 Å². The summed E-state index contributed by atoms with van der Waals surface area (Å²) in [7, 11) is 6.00. The summed E-state index contributed by atoms with van der Waals surface area (Å²) in [6.45, 7) is 1.85. The first-order valence-electron chi connectivity index (χ1n) is 7.17. The molecule has 0 aliphatic carbocycles. The van der Waals surface area contributed by atoms with Crippen molar-refractivity contribution in [2.75, 3.05) is 27.2 Å². The molecule has 20 heavy (non-hydrogen) atoms. The number of benzene rings is 1. The zero-order chi connectivity index (χ0) is 14.3. The lowest BCUT2D eigenvalue weighted by molar-refractivity contribution is 0.313. The van der Waals surface area contributed by atoms with E-state index in [2.05, 4.69) is 48.0 Å². The molecule has 0 spiro atoms. The second-order valence-corrected chi connectivity index (χ2v) is 5.88. The van der Waals surface area contributed by atoms with Gasteiger partial charge in [-0.25, -0.2) is 0 Å². The molecule has 3 rings (SSSR count). The molecule has 1 saturated heterocycles. The van der Waals surface area contributed by atoms with Gasteiger partial charge in [0.1, 0.15) is 5.75 Å². The third-order valence-corrected chi connectivity index (χ3v) is 4.56. The Bertz CT molecular complexity index is 619. The largest absolute Gasteiger partial charge is 0.496 e. The van der Waals surface area contributed by atoms with E-state index in [0.717, 1.165) is 25.3 Å². The van der Waals surface area contributed by atoms with Gasteiger partial charge in [0.05, 0.1) is 12.6 Å². The number of hydrogen-bond acceptors (Lipinski definition) is 3. The fraction of sp³-hybridized carbons (Fsp3) is 0.500. The molecule has 2 unspecified atom stereocenters. The molecule has 4 heteroatoms. The molecule has 0 radical (unpaired) electrons. The van der Waals surface area contributed by atoms with Crippen molar-refractivity contribution in [2.24, 2.45) is 18.7 Å². The Kier molecular flexibility index (Phi) is 3.44. The number of hydrogen-bond donors (Lipinski definition) is 1. The van der Waals surface area contributed by atoms with Crippen molar-refractivity contribution in [3.63, 3.8) is 0 Å². The standard InChI is InChI=1S/C16H23N3O/c1-18-5-4-13-15(18)7-12(8-16(13)20-3)14-6-11(9-17)10-19(14)2/h4-5,7-8,11,14H,6,9-10,17H2,1-3H3. The minimum Gasteiger partial charge on any atom is -0.496 e. The van der Waals surface area contributed by atoms with Gasteiger partial charge in [0.25, 0.3) is 0 Å². The zero-order valence-corrected chi connectivity index (χ0v) is 12.5. The highest BCUT2D eigenvalue weighted by Crippen LogP contribution is 2.38.